The van der Waals surface area contributed by atoms with Crippen molar-refractivity contribution < 1.29 is 13.9 Å². The first kappa shape index (κ1) is 17.4. The molecule has 0 unspecified atom stereocenters. The Morgan fingerprint density at radius 3 is 3.12 bits per heavy atom. The van der Waals surface area contributed by atoms with Crippen molar-refractivity contribution in [2.24, 2.45) is 0 Å². The second kappa shape index (κ2) is 8.13. The van der Waals surface area contributed by atoms with Crippen molar-refractivity contribution in [3.63, 3.8) is 0 Å². The molecular weight excluding hydrogens is 323 g/mol. The molecule has 1 saturated heterocycles. The smallest absolute Gasteiger partial charge is 0.224 e. The lowest BCUT2D eigenvalue weighted by atomic mass is 10.1. The number of carbonyl (C=O) groups is 1. The minimum Gasteiger partial charge on any atom is -0.368 e. The predicted molar refractivity (Wildman–Crippen MR) is 90.2 cm³/mol. The maximum atomic E-state index is 13.2. The van der Waals surface area contributed by atoms with Gasteiger partial charge in [-0.2, -0.15) is 0 Å². The summed E-state index contributed by atoms with van der Waals surface area (Å²) >= 11 is 0. The monoisotopic (exact) mass is 344 g/mol. The third-order valence-electron chi connectivity index (χ3n) is 4.01. The second-order valence-electron chi connectivity index (χ2n) is 6.11. The number of nitrogens with one attached hydrogen (secondary N) is 1. The fourth-order valence-electron chi connectivity index (χ4n) is 2.68. The van der Waals surface area contributed by atoms with E-state index in [4.69, 9.17) is 4.74 Å². The summed E-state index contributed by atoms with van der Waals surface area (Å²) in [5.74, 6) is 0.103. The fraction of sp³-hybridized carbons (Fsp3) is 0.389. The van der Waals surface area contributed by atoms with Crippen molar-refractivity contribution in [3.05, 3.63) is 59.4 Å². The SMILES string of the molecule is CN1CCO[C@@H](c2nccc(CNC(=O)Cc3cccc(F)c3)n2)C1. The van der Waals surface area contributed by atoms with E-state index in [1.165, 1.54) is 12.1 Å². The van der Waals surface area contributed by atoms with Crippen molar-refractivity contribution in [2.75, 3.05) is 26.7 Å². The number of ether oxygens (including phenoxy) is 1. The molecule has 1 fully saturated rings. The van der Waals surface area contributed by atoms with Gasteiger partial charge in [0.1, 0.15) is 11.9 Å². The van der Waals surface area contributed by atoms with E-state index in [1.807, 2.05) is 7.05 Å². The molecule has 1 N–H and O–H groups in total. The third kappa shape index (κ3) is 5.04. The van der Waals surface area contributed by atoms with Gasteiger partial charge in [0.2, 0.25) is 5.91 Å². The van der Waals surface area contributed by atoms with Crippen LogP contribution in [0.15, 0.2) is 36.5 Å². The van der Waals surface area contributed by atoms with E-state index >= 15 is 0 Å². The number of amides is 1. The van der Waals surface area contributed by atoms with E-state index in [1.54, 1.807) is 24.4 Å². The Labute approximate surface area is 146 Å². The number of benzene rings is 1. The predicted octanol–water partition coefficient (Wildman–Crippen LogP) is 1.48. The van der Waals surface area contributed by atoms with Crippen LogP contribution in [0.3, 0.4) is 0 Å². The molecule has 2 aromatic rings. The van der Waals surface area contributed by atoms with Crippen molar-refractivity contribution in [1.82, 2.24) is 20.2 Å². The van der Waals surface area contributed by atoms with Gasteiger partial charge >= 0.3 is 0 Å². The maximum absolute atomic E-state index is 13.2. The van der Waals surface area contributed by atoms with Crippen LogP contribution in [0.25, 0.3) is 0 Å². The minimum atomic E-state index is -0.344. The Bertz CT molecular complexity index is 741. The third-order valence-corrected chi connectivity index (χ3v) is 4.01. The van der Waals surface area contributed by atoms with Gasteiger partial charge in [-0.25, -0.2) is 14.4 Å². The lowest BCUT2D eigenvalue weighted by Gasteiger charge is -2.29. The molecule has 2 heterocycles. The minimum absolute atomic E-state index is 0.131. The zero-order valence-corrected chi connectivity index (χ0v) is 14.1. The van der Waals surface area contributed by atoms with E-state index in [0.29, 0.717) is 24.5 Å². The van der Waals surface area contributed by atoms with Crippen LogP contribution in [0.5, 0.6) is 0 Å². The van der Waals surface area contributed by atoms with Gasteiger partial charge in [0, 0.05) is 19.3 Å². The normalized spacial score (nSPS) is 18.1. The number of rotatable bonds is 5. The Morgan fingerprint density at radius 2 is 2.32 bits per heavy atom. The van der Waals surface area contributed by atoms with E-state index in [9.17, 15) is 9.18 Å². The standard InChI is InChI=1S/C18H21FN4O2/c1-23-7-8-25-16(12-23)18-20-6-5-15(22-18)11-21-17(24)10-13-3-2-4-14(19)9-13/h2-6,9,16H,7-8,10-12H2,1H3,(H,21,24)/t16-/m1/s1. The number of carbonyl (C=O) groups excluding carboxylic acids is 1. The molecule has 0 saturated carbocycles. The van der Waals surface area contributed by atoms with Crippen molar-refractivity contribution in [2.45, 2.75) is 19.1 Å². The van der Waals surface area contributed by atoms with Crippen molar-refractivity contribution in [3.8, 4) is 0 Å². The molecule has 1 aliphatic heterocycles. The van der Waals surface area contributed by atoms with Gasteiger partial charge in [-0.3, -0.25) is 4.79 Å². The highest BCUT2D eigenvalue weighted by atomic mass is 19.1. The number of nitrogens with zero attached hydrogens (tertiary/aromatic N) is 3. The Hall–Kier alpha value is -2.38. The van der Waals surface area contributed by atoms with E-state index in [0.717, 1.165) is 18.8 Å². The van der Waals surface area contributed by atoms with Crippen LogP contribution in [-0.2, 0) is 22.5 Å². The van der Waals surface area contributed by atoms with Crippen LogP contribution in [0.4, 0.5) is 4.39 Å². The molecule has 1 amide bonds. The number of aromatic nitrogens is 2. The van der Waals surface area contributed by atoms with Gasteiger partial charge in [-0.05, 0) is 30.8 Å². The molecule has 7 heteroatoms. The zero-order valence-electron chi connectivity index (χ0n) is 14.1. The Balaban J connectivity index is 1.56. The summed E-state index contributed by atoms with van der Waals surface area (Å²) in [7, 11) is 2.03. The average Bonchev–Trinajstić information content (AvgIpc) is 2.60. The van der Waals surface area contributed by atoms with Gasteiger partial charge in [-0.1, -0.05) is 12.1 Å². The Kier molecular flexibility index (Phi) is 5.67. The summed E-state index contributed by atoms with van der Waals surface area (Å²) in [6.07, 6.45) is 1.65. The first-order chi connectivity index (χ1) is 12.1. The fourth-order valence-corrected chi connectivity index (χ4v) is 2.68. The highest BCUT2D eigenvalue weighted by Crippen LogP contribution is 2.17. The molecule has 1 atom stereocenters. The highest BCUT2D eigenvalue weighted by molar-refractivity contribution is 5.78. The summed E-state index contributed by atoms with van der Waals surface area (Å²) in [4.78, 5) is 23.0. The lowest BCUT2D eigenvalue weighted by Crippen LogP contribution is -2.36. The quantitative estimate of drug-likeness (QED) is 0.890. The molecule has 25 heavy (non-hydrogen) atoms. The zero-order chi connectivity index (χ0) is 17.6. The van der Waals surface area contributed by atoms with Crippen LogP contribution < -0.4 is 5.32 Å². The summed E-state index contributed by atoms with van der Waals surface area (Å²) in [6.45, 7) is 2.59. The van der Waals surface area contributed by atoms with Crippen LogP contribution in [0, 0.1) is 5.82 Å². The summed E-state index contributed by atoms with van der Waals surface area (Å²) in [6, 6.07) is 7.80. The number of morpholine rings is 1. The Morgan fingerprint density at radius 1 is 1.44 bits per heavy atom. The largest absolute Gasteiger partial charge is 0.368 e. The van der Waals surface area contributed by atoms with E-state index in [-0.39, 0.29) is 24.2 Å². The number of likely N-dealkylation sites (N-methyl/N-ethyl adjacent to an activating group) is 1. The van der Waals surface area contributed by atoms with Crippen LogP contribution in [0.2, 0.25) is 0 Å². The van der Waals surface area contributed by atoms with E-state index < -0.39 is 0 Å². The molecule has 1 aliphatic rings. The van der Waals surface area contributed by atoms with E-state index in [2.05, 4.69) is 20.2 Å². The van der Waals surface area contributed by atoms with Gasteiger partial charge < -0.3 is 15.0 Å². The van der Waals surface area contributed by atoms with Crippen LogP contribution >= 0.6 is 0 Å². The molecule has 132 valence electrons. The molecular formula is C18H21FN4O2. The molecule has 3 rings (SSSR count). The molecule has 0 bridgehead atoms. The van der Waals surface area contributed by atoms with Gasteiger partial charge in [0.15, 0.2) is 5.82 Å². The summed E-state index contributed by atoms with van der Waals surface area (Å²) < 4.78 is 18.9. The number of hydrogen-bond donors (Lipinski definition) is 1. The first-order valence-corrected chi connectivity index (χ1v) is 8.23. The first-order valence-electron chi connectivity index (χ1n) is 8.23. The number of halogens is 1. The highest BCUT2D eigenvalue weighted by Gasteiger charge is 2.22. The number of hydrogen-bond acceptors (Lipinski definition) is 5. The van der Waals surface area contributed by atoms with Crippen LogP contribution in [-0.4, -0.2) is 47.5 Å². The molecule has 0 spiro atoms. The van der Waals surface area contributed by atoms with Crippen molar-refractivity contribution >= 4 is 5.91 Å². The van der Waals surface area contributed by atoms with Crippen LogP contribution in [0.1, 0.15) is 23.2 Å². The maximum Gasteiger partial charge on any atom is 0.224 e. The lowest BCUT2D eigenvalue weighted by molar-refractivity contribution is -0.120. The molecule has 0 radical (unpaired) electrons. The van der Waals surface area contributed by atoms with Crippen molar-refractivity contribution in [1.29, 1.82) is 0 Å². The average molecular weight is 344 g/mol. The van der Waals surface area contributed by atoms with Gasteiger partial charge in [0.05, 0.1) is 25.3 Å². The molecule has 0 aliphatic carbocycles. The summed E-state index contributed by atoms with van der Waals surface area (Å²) in [5.41, 5.74) is 1.36. The topological polar surface area (TPSA) is 67.3 Å². The molecule has 1 aromatic heterocycles. The molecule has 6 nitrogen and oxygen atoms in total. The second-order valence-corrected chi connectivity index (χ2v) is 6.11. The molecule has 1 aromatic carbocycles. The van der Waals surface area contributed by atoms with Gasteiger partial charge in [-0.15, -0.1) is 0 Å². The summed E-state index contributed by atoms with van der Waals surface area (Å²) in [5, 5.41) is 2.80. The van der Waals surface area contributed by atoms with Gasteiger partial charge in [0.25, 0.3) is 0 Å².